The van der Waals surface area contributed by atoms with Crippen molar-refractivity contribution in [2.45, 2.75) is 86.7 Å². The van der Waals surface area contributed by atoms with Gasteiger partial charge >= 0.3 is 160 Å². The molecule has 0 fully saturated rings. The molecular formula is C22H37Cl2HfSi. The maximum Gasteiger partial charge on any atom is -1.00 e. The maximum atomic E-state index is 2.65. The van der Waals surface area contributed by atoms with E-state index in [1.807, 2.05) is 0 Å². The summed E-state index contributed by atoms with van der Waals surface area (Å²) in [5.41, 5.74) is 6.92. The summed E-state index contributed by atoms with van der Waals surface area (Å²) < 4.78 is 1.81. The molecule has 0 spiro atoms. The number of halogens is 2. The first-order chi connectivity index (χ1) is 11.5. The molecule has 0 radical (unpaired) electrons. The molecule has 2 aliphatic carbocycles. The Morgan fingerprint density at radius 3 is 1.50 bits per heavy atom. The van der Waals surface area contributed by atoms with Gasteiger partial charge in [0, 0.05) is 0 Å². The minimum atomic E-state index is -1.71. The van der Waals surface area contributed by atoms with E-state index in [-0.39, 0.29) is 24.8 Å². The quantitative estimate of drug-likeness (QED) is 0.362. The molecule has 0 amide bonds. The smallest absolute Gasteiger partial charge is 1.00 e. The fourth-order valence-corrected chi connectivity index (χ4v) is 35.7. The summed E-state index contributed by atoms with van der Waals surface area (Å²) in [6.07, 6.45) is 18.3. The van der Waals surface area contributed by atoms with E-state index in [9.17, 15) is 0 Å². The van der Waals surface area contributed by atoms with Crippen molar-refractivity contribution in [3.05, 3.63) is 46.6 Å². The van der Waals surface area contributed by atoms with Gasteiger partial charge in [0.2, 0.25) is 0 Å². The van der Waals surface area contributed by atoms with Gasteiger partial charge in [-0.25, -0.2) is 0 Å². The van der Waals surface area contributed by atoms with Gasteiger partial charge in [-0.15, -0.1) is 0 Å². The molecule has 2 aliphatic rings. The summed E-state index contributed by atoms with van der Waals surface area (Å²) in [5, 5.41) is 0. The van der Waals surface area contributed by atoms with E-state index in [0.717, 1.165) is 7.35 Å². The van der Waals surface area contributed by atoms with Crippen LogP contribution in [-0.2, 0) is 20.6 Å². The Morgan fingerprint density at radius 1 is 0.808 bits per heavy atom. The van der Waals surface area contributed by atoms with Crippen LogP contribution in [0.15, 0.2) is 46.6 Å². The van der Waals surface area contributed by atoms with E-state index >= 15 is 0 Å². The van der Waals surface area contributed by atoms with Gasteiger partial charge in [-0.1, -0.05) is 0 Å². The number of allylic oxidation sites excluding steroid dienone is 8. The molecule has 4 heteroatoms. The first kappa shape index (κ1) is 26.6. The Balaban J connectivity index is 0.00000312. The molecule has 0 aliphatic heterocycles. The van der Waals surface area contributed by atoms with Crippen molar-refractivity contribution in [2.75, 3.05) is 0 Å². The van der Waals surface area contributed by atoms with Crippen LogP contribution in [0.5, 0.6) is 0 Å². The predicted molar refractivity (Wildman–Crippen MR) is 109 cm³/mol. The van der Waals surface area contributed by atoms with Crippen LogP contribution in [0.3, 0.4) is 0 Å². The van der Waals surface area contributed by atoms with Crippen molar-refractivity contribution in [1.29, 1.82) is 0 Å². The molecule has 0 saturated heterocycles. The van der Waals surface area contributed by atoms with Gasteiger partial charge in [-0.2, -0.15) is 0 Å². The van der Waals surface area contributed by atoms with Crippen LogP contribution in [0.1, 0.15) is 66.2 Å². The Kier molecular flexibility index (Phi) is 13.3. The average molecular weight is 579 g/mol. The predicted octanol–water partition coefficient (Wildman–Crippen LogP) is 1.33. The third kappa shape index (κ3) is 6.32. The van der Waals surface area contributed by atoms with E-state index in [1.54, 1.807) is 22.3 Å². The molecule has 147 valence electrons. The number of rotatable bonds is 9. The van der Waals surface area contributed by atoms with Gasteiger partial charge in [-0.3, -0.25) is 0 Å². The minimum Gasteiger partial charge on any atom is -1.00 e. The number of hydrogen-bond donors (Lipinski definition) is 0. The third-order valence-electron chi connectivity index (χ3n) is 5.91. The second-order valence-corrected chi connectivity index (χ2v) is 36.2. The summed E-state index contributed by atoms with van der Waals surface area (Å²) >= 11 is -1.71. The Labute approximate surface area is 183 Å². The van der Waals surface area contributed by atoms with Crippen molar-refractivity contribution >= 4 is 5.98 Å². The van der Waals surface area contributed by atoms with Crippen LogP contribution < -0.4 is 24.8 Å². The minimum absolute atomic E-state index is 0. The van der Waals surface area contributed by atoms with Gasteiger partial charge in [0.25, 0.3) is 0 Å². The molecular weight excluding hydrogens is 542 g/mol. The van der Waals surface area contributed by atoms with Crippen LogP contribution >= 0.6 is 0 Å². The zero-order valence-corrected chi connectivity index (χ0v) is 23.8. The second-order valence-electron chi connectivity index (χ2n) is 7.95. The van der Waals surface area contributed by atoms with Crippen molar-refractivity contribution in [1.82, 2.24) is 0 Å². The average Bonchev–Trinajstić information content (AvgIpc) is 3.08. The molecule has 0 nitrogen and oxygen atoms in total. The third-order valence-corrected chi connectivity index (χ3v) is 37.1. The van der Waals surface area contributed by atoms with Crippen LogP contribution in [0.25, 0.3) is 0 Å². The van der Waals surface area contributed by atoms with Crippen molar-refractivity contribution in [3.63, 3.8) is 0 Å². The van der Waals surface area contributed by atoms with Gasteiger partial charge < -0.3 is 24.8 Å². The van der Waals surface area contributed by atoms with Crippen LogP contribution in [0.4, 0.5) is 0 Å². The topological polar surface area (TPSA) is 0 Å². The van der Waals surface area contributed by atoms with E-state index < -0.39 is 26.6 Å². The monoisotopic (exact) mass is 579 g/mol. The van der Waals surface area contributed by atoms with Crippen LogP contribution in [0.2, 0.25) is 20.4 Å². The standard InChI is InChI=1S/2C10H15.C2H7Si.2ClH.Hf/c2*1-3-4-7-10-8-5-6-9(10)2;1-3-2;;;/h2*5-6,8H,3-4,7H2,1-2H3;3H,1-2H3;2*1H;/q;;;;;+2/p-2. The first-order valence-electron chi connectivity index (χ1n) is 10.1. The number of hydrogen-bond acceptors (Lipinski definition) is 0. The molecule has 2 unspecified atom stereocenters. The molecule has 0 bridgehead atoms. The summed E-state index contributed by atoms with van der Waals surface area (Å²) in [7, 11) is 0. The fourth-order valence-electron chi connectivity index (χ4n) is 4.31. The molecule has 2 rings (SSSR count). The number of unbranched alkanes of at least 4 members (excludes halogenated alkanes) is 2. The largest absolute Gasteiger partial charge is 1.00 e. The van der Waals surface area contributed by atoms with Crippen molar-refractivity contribution in [3.8, 4) is 0 Å². The van der Waals surface area contributed by atoms with E-state index in [0.29, 0.717) is 0 Å². The van der Waals surface area contributed by atoms with E-state index in [2.05, 4.69) is 65.1 Å². The van der Waals surface area contributed by atoms with Crippen molar-refractivity contribution in [2.24, 2.45) is 0 Å². The Morgan fingerprint density at radius 2 is 1.19 bits per heavy atom. The summed E-state index contributed by atoms with van der Waals surface area (Å²) in [4.78, 5) is 0. The van der Waals surface area contributed by atoms with E-state index in [4.69, 9.17) is 0 Å². The summed E-state index contributed by atoms with van der Waals surface area (Å²) in [6, 6.07) is 0. The summed E-state index contributed by atoms with van der Waals surface area (Å²) in [6.45, 7) is 14.9. The SMILES string of the molecule is CCCCC1=C(C)[CH]([Hf+2]([CH]2C=CC(CCCC)=C2C)[SiH](C)C)C=C1.[Cl-].[Cl-]. The van der Waals surface area contributed by atoms with Gasteiger partial charge in [-0.05, 0) is 0 Å². The summed E-state index contributed by atoms with van der Waals surface area (Å²) in [5.74, 6) is -0.536. The molecule has 0 aromatic carbocycles. The molecule has 0 saturated carbocycles. The molecule has 0 aromatic heterocycles. The van der Waals surface area contributed by atoms with E-state index in [1.165, 1.54) is 38.5 Å². The maximum absolute atomic E-state index is 2.65. The molecule has 0 aromatic rings. The van der Waals surface area contributed by atoms with Gasteiger partial charge in [0.1, 0.15) is 0 Å². The normalized spacial score (nSPS) is 21.5. The molecule has 0 N–H and O–H groups in total. The van der Waals surface area contributed by atoms with Crippen LogP contribution in [-0.4, -0.2) is 5.98 Å². The molecule has 26 heavy (non-hydrogen) atoms. The van der Waals surface area contributed by atoms with Gasteiger partial charge in [0.15, 0.2) is 0 Å². The zero-order chi connectivity index (χ0) is 17.7. The second kappa shape index (κ2) is 13.0. The first-order valence-corrected chi connectivity index (χ1v) is 23.4. The Hall–Kier alpha value is 0.627. The molecule has 0 heterocycles. The van der Waals surface area contributed by atoms with Crippen molar-refractivity contribution < 1.29 is 45.4 Å². The zero-order valence-electron chi connectivity index (χ0n) is 17.5. The Bertz CT molecular complexity index is 514. The molecule has 2 atom stereocenters. The fraction of sp³-hybridized carbons (Fsp3) is 0.636. The van der Waals surface area contributed by atoms with Crippen LogP contribution in [0, 0.1) is 0 Å². The van der Waals surface area contributed by atoms with Gasteiger partial charge in [0.05, 0.1) is 0 Å².